The van der Waals surface area contributed by atoms with E-state index in [0.717, 1.165) is 62.0 Å². The predicted molar refractivity (Wildman–Crippen MR) is 157 cm³/mol. The SMILES string of the molecule is CC(C)CCN(CCC(C)C)C(=O)c1ccc2c(c1)n(CCCN1CCCC1)c1nc3ccsc3c(=O)n21. The molecule has 5 rings (SSSR count). The number of aryl methyl sites for hydroxylation is 1. The van der Waals surface area contributed by atoms with E-state index in [1.54, 1.807) is 4.40 Å². The van der Waals surface area contributed by atoms with E-state index in [0.29, 0.717) is 27.9 Å². The van der Waals surface area contributed by atoms with Gasteiger partial charge in [-0.15, -0.1) is 11.3 Å². The minimum atomic E-state index is -0.0298. The fraction of sp³-hybridized carbons (Fsp3) is 0.567. The molecular weight excluding hydrogens is 494 g/mol. The van der Waals surface area contributed by atoms with Gasteiger partial charge in [-0.3, -0.25) is 9.59 Å². The van der Waals surface area contributed by atoms with Crippen molar-refractivity contribution in [2.24, 2.45) is 11.8 Å². The number of carbonyl (C=O) groups is 1. The van der Waals surface area contributed by atoms with Crippen molar-refractivity contribution in [1.82, 2.24) is 23.8 Å². The molecule has 0 N–H and O–H groups in total. The smallest absolute Gasteiger partial charge is 0.277 e. The van der Waals surface area contributed by atoms with Gasteiger partial charge in [0.1, 0.15) is 4.70 Å². The molecule has 1 aliphatic rings. The highest BCUT2D eigenvalue weighted by molar-refractivity contribution is 7.17. The van der Waals surface area contributed by atoms with Crippen LogP contribution >= 0.6 is 11.3 Å². The molecule has 7 nitrogen and oxygen atoms in total. The standard InChI is InChI=1S/C30H41N5O2S/c1-21(2)10-17-33(18-11-22(3)4)28(36)23-8-9-25-26(20-23)34(16-7-15-32-13-5-6-14-32)30-31-24-12-19-38-27(24)29(37)35(25)30/h8-9,12,19-22H,5-7,10-11,13-18H2,1-4H3. The van der Waals surface area contributed by atoms with E-state index in [1.165, 1.54) is 37.3 Å². The molecule has 0 atom stereocenters. The Labute approximate surface area is 229 Å². The molecule has 1 aliphatic heterocycles. The maximum atomic E-state index is 13.8. The fourth-order valence-corrected chi connectivity index (χ4v) is 6.23. The molecule has 8 heteroatoms. The highest BCUT2D eigenvalue weighted by Crippen LogP contribution is 2.25. The zero-order valence-electron chi connectivity index (χ0n) is 23.3. The van der Waals surface area contributed by atoms with Gasteiger partial charge in [0.2, 0.25) is 5.78 Å². The zero-order valence-corrected chi connectivity index (χ0v) is 24.1. The maximum Gasteiger partial charge on any atom is 0.277 e. The van der Waals surface area contributed by atoms with E-state index >= 15 is 0 Å². The maximum absolute atomic E-state index is 13.8. The number of aromatic nitrogens is 3. The Morgan fingerprint density at radius 1 is 1.00 bits per heavy atom. The number of hydrogen-bond acceptors (Lipinski definition) is 5. The highest BCUT2D eigenvalue weighted by Gasteiger charge is 2.21. The Bertz CT molecular complexity index is 1460. The summed E-state index contributed by atoms with van der Waals surface area (Å²) in [6.07, 6.45) is 5.50. The first-order chi connectivity index (χ1) is 18.3. The first kappa shape index (κ1) is 26.9. The first-order valence-electron chi connectivity index (χ1n) is 14.3. The second-order valence-electron chi connectivity index (χ2n) is 11.6. The predicted octanol–water partition coefficient (Wildman–Crippen LogP) is 5.88. The number of imidazole rings is 1. The van der Waals surface area contributed by atoms with Gasteiger partial charge in [0.25, 0.3) is 11.5 Å². The van der Waals surface area contributed by atoms with Gasteiger partial charge in [0.15, 0.2) is 0 Å². The van der Waals surface area contributed by atoms with E-state index < -0.39 is 0 Å². The van der Waals surface area contributed by atoms with E-state index in [4.69, 9.17) is 4.98 Å². The Hall–Kier alpha value is -2.71. The normalized spacial score (nSPS) is 14.7. The molecule has 1 fully saturated rings. The van der Waals surface area contributed by atoms with E-state index in [9.17, 15) is 9.59 Å². The topological polar surface area (TPSA) is 62.9 Å². The third-order valence-corrected chi connectivity index (χ3v) is 8.64. The number of likely N-dealkylation sites (tertiary alicyclic amines) is 1. The summed E-state index contributed by atoms with van der Waals surface area (Å²) >= 11 is 1.44. The third kappa shape index (κ3) is 5.52. The lowest BCUT2D eigenvalue weighted by Gasteiger charge is -2.24. The van der Waals surface area contributed by atoms with Gasteiger partial charge in [-0.05, 0) is 93.2 Å². The average Bonchev–Trinajstić information content (AvgIpc) is 3.63. The summed E-state index contributed by atoms with van der Waals surface area (Å²) in [4.78, 5) is 36.7. The van der Waals surface area contributed by atoms with Gasteiger partial charge in [0, 0.05) is 25.2 Å². The lowest BCUT2D eigenvalue weighted by molar-refractivity contribution is 0.0741. The van der Waals surface area contributed by atoms with Crippen molar-refractivity contribution in [3.05, 3.63) is 45.6 Å². The van der Waals surface area contributed by atoms with Crippen LogP contribution in [-0.2, 0) is 6.54 Å². The largest absolute Gasteiger partial charge is 0.339 e. The number of rotatable bonds is 11. The van der Waals surface area contributed by atoms with Crippen molar-refractivity contribution in [3.63, 3.8) is 0 Å². The number of thiophene rings is 1. The second kappa shape index (κ2) is 11.6. The quantitative estimate of drug-likeness (QED) is 0.240. The molecule has 1 aromatic carbocycles. The van der Waals surface area contributed by atoms with Crippen LogP contribution < -0.4 is 5.56 Å². The molecule has 0 radical (unpaired) electrons. The van der Waals surface area contributed by atoms with Crippen LogP contribution in [0.4, 0.5) is 0 Å². The Morgan fingerprint density at radius 3 is 2.39 bits per heavy atom. The van der Waals surface area contributed by atoms with Crippen molar-refractivity contribution < 1.29 is 4.79 Å². The summed E-state index contributed by atoms with van der Waals surface area (Å²) in [5, 5.41) is 1.93. The highest BCUT2D eigenvalue weighted by atomic mass is 32.1. The van der Waals surface area contributed by atoms with Crippen molar-refractivity contribution >= 4 is 44.3 Å². The van der Waals surface area contributed by atoms with Crippen LogP contribution in [0.15, 0.2) is 34.4 Å². The molecule has 38 heavy (non-hydrogen) atoms. The van der Waals surface area contributed by atoms with Crippen LogP contribution in [0.1, 0.15) is 70.2 Å². The van der Waals surface area contributed by atoms with E-state index in [1.807, 2.05) is 34.5 Å². The molecular formula is C30H41N5O2S. The monoisotopic (exact) mass is 535 g/mol. The van der Waals surface area contributed by atoms with Crippen LogP contribution in [0.3, 0.4) is 0 Å². The van der Waals surface area contributed by atoms with Crippen LogP contribution in [0.25, 0.3) is 27.0 Å². The Balaban J connectivity index is 1.55. The second-order valence-corrected chi connectivity index (χ2v) is 12.5. The van der Waals surface area contributed by atoms with Crippen molar-refractivity contribution in [2.75, 3.05) is 32.7 Å². The minimum Gasteiger partial charge on any atom is -0.339 e. The summed E-state index contributed by atoms with van der Waals surface area (Å²) in [5.74, 6) is 1.82. The third-order valence-electron chi connectivity index (χ3n) is 7.75. The molecule has 0 unspecified atom stereocenters. The van der Waals surface area contributed by atoms with Crippen molar-refractivity contribution in [1.29, 1.82) is 0 Å². The van der Waals surface area contributed by atoms with Gasteiger partial charge >= 0.3 is 0 Å². The van der Waals surface area contributed by atoms with Crippen LogP contribution in [0.2, 0.25) is 0 Å². The molecule has 0 bridgehead atoms. The summed E-state index contributed by atoms with van der Waals surface area (Å²) in [7, 11) is 0. The van der Waals surface area contributed by atoms with E-state index in [-0.39, 0.29) is 11.5 Å². The van der Waals surface area contributed by atoms with Gasteiger partial charge in [0.05, 0.1) is 16.6 Å². The summed E-state index contributed by atoms with van der Waals surface area (Å²) in [5.41, 5.74) is 3.13. The molecule has 0 aliphatic carbocycles. The molecule has 3 aromatic heterocycles. The summed E-state index contributed by atoms with van der Waals surface area (Å²) in [6.45, 7) is 14.5. The molecule has 204 valence electrons. The molecule has 0 spiro atoms. The summed E-state index contributed by atoms with van der Waals surface area (Å²) in [6, 6.07) is 7.75. The van der Waals surface area contributed by atoms with Gasteiger partial charge in [-0.1, -0.05) is 27.7 Å². The lowest BCUT2D eigenvalue weighted by Crippen LogP contribution is -2.34. The van der Waals surface area contributed by atoms with Crippen LogP contribution in [0.5, 0.6) is 0 Å². The number of fused-ring (bicyclic) bond motifs is 4. The molecule has 0 saturated carbocycles. The number of nitrogens with zero attached hydrogens (tertiary/aromatic N) is 5. The number of amides is 1. The first-order valence-corrected chi connectivity index (χ1v) is 15.1. The number of benzene rings is 1. The zero-order chi connectivity index (χ0) is 26.8. The van der Waals surface area contributed by atoms with Crippen LogP contribution in [0, 0.1) is 11.8 Å². The van der Waals surface area contributed by atoms with Crippen molar-refractivity contribution in [3.8, 4) is 0 Å². The van der Waals surface area contributed by atoms with Gasteiger partial charge in [-0.25, -0.2) is 9.38 Å². The molecule has 1 amide bonds. The summed E-state index contributed by atoms with van der Waals surface area (Å²) < 4.78 is 4.58. The molecule has 4 heterocycles. The van der Waals surface area contributed by atoms with E-state index in [2.05, 4.69) is 37.2 Å². The number of carbonyl (C=O) groups excluding carboxylic acids is 1. The average molecular weight is 536 g/mol. The Morgan fingerprint density at radius 2 is 1.71 bits per heavy atom. The van der Waals surface area contributed by atoms with Gasteiger partial charge < -0.3 is 14.4 Å². The van der Waals surface area contributed by atoms with Crippen LogP contribution in [-0.4, -0.2) is 62.4 Å². The Kier molecular flexibility index (Phi) is 8.19. The fourth-order valence-electron chi connectivity index (χ4n) is 5.47. The van der Waals surface area contributed by atoms with Crippen molar-refractivity contribution in [2.45, 2.75) is 66.3 Å². The lowest BCUT2D eigenvalue weighted by atomic mass is 10.1. The molecule has 1 saturated heterocycles. The van der Waals surface area contributed by atoms with Gasteiger partial charge in [-0.2, -0.15) is 0 Å². The number of hydrogen-bond donors (Lipinski definition) is 0. The minimum absolute atomic E-state index is 0.0298. The molecule has 4 aromatic rings.